The molecule has 3 heterocycles. The number of thiophene rings is 1. The number of amides is 1. The third-order valence-electron chi connectivity index (χ3n) is 4.54. The molecule has 1 aromatic rings. The number of carbonyl (C=O) groups excluding carboxylic acids is 1. The second kappa shape index (κ2) is 5.47. The number of carbonyl (C=O) groups is 1. The number of hydrogen-bond donors (Lipinski definition) is 1. The Hall–Kier alpha value is -0.910. The minimum atomic E-state index is -0.438. The maximum Gasteiger partial charge on any atom is 0.244 e. The lowest BCUT2D eigenvalue weighted by molar-refractivity contribution is -0.133. The second-order valence-corrected chi connectivity index (χ2v) is 6.76. The van der Waals surface area contributed by atoms with E-state index in [2.05, 4.69) is 29.1 Å². The van der Waals surface area contributed by atoms with Gasteiger partial charge in [0.25, 0.3) is 0 Å². The summed E-state index contributed by atoms with van der Waals surface area (Å²) in [6, 6.07) is 2.11. The second-order valence-electron chi connectivity index (χ2n) is 5.98. The normalized spacial score (nSPS) is 34.1. The summed E-state index contributed by atoms with van der Waals surface area (Å²) >= 11 is 1.68. The first-order valence-corrected chi connectivity index (χ1v) is 8.27. The maximum absolute atomic E-state index is 12.8. The van der Waals surface area contributed by atoms with E-state index in [4.69, 9.17) is 4.74 Å². The fourth-order valence-corrected chi connectivity index (χ4v) is 3.70. The number of rotatable bonds is 4. The highest BCUT2D eigenvalue weighted by atomic mass is 32.1. The summed E-state index contributed by atoms with van der Waals surface area (Å²) in [6.07, 6.45) is 1.88. The summed E-state index contributed by atoms with van der Waals surface area (Å²) in [5, 5.41) is 7.73. The van der Waals surface area contributed by atoms with Gasteiger partial charge in [-0.3, -0.25) is 10.1 Å². The average molecular weight is 294 g/mol. The van der Waals surface area contributed by atoms with Crippen LogP contribution in [0.2, 0.25) is 0 Å². The summed E-state index contributed by atoms with van der Waals surface area (Å²) in [5.41, 5.74) is 0.755. The predicted octanol–water partition coefficient (Wildman–Crippen LogP) is 2.38. The molecule has 4 nitrogen and oxygen atoms in total. The van der Waals surface area contributed by atoms with E-state index in [1.165, 1.54) is 5.56 Å². The zero-order chi connectivity index (χ0) is 14.2. The summed E-state index contributed by atoms with van der Waals surface area (Å²) in [7, 11) is 0. The average Bonchev–Trinajstić information content (AvgIpc) is 3.16. The van der Waals surface area contributed by atoms with Crippen molar-refractivity contribution in [2.75, 3.05) is 19.8 Å². The zero-order valence-electron chi connectivity index (χ0n) is 12.1. The van der Waals surface area contributed by atoms with Gasteiger partial charge in [-0.2, -0.15) is 11.3 Å². The van der Waals surface area contributed by atoms with Crippen LogP contribution in [0.15, 0.2) is 16.8 Å². The van der Waals surface area contributed by atoms with Crippen LogP contribution in [0.4, 0.5) is 0 Å². The van der Waals surface area contributed by atoms with Crippen LogP contribution < -0.4 is 5.32 Å². The van der Waals surface area contributed by atoms with Crippen molar-refractivity contribution in [3.63, 3.8) is 0 Å². The highest BCUT2D eigenvalue weighted by Gasteiger charge is 2.47. The molecule has 3 unspecified atom stereocenters. The smallest absolute Gasteiger partial charge is 0.244 e. The molecule has 1 amide bonds. The Balaban J connectivity index is 1.84. The van der Waals surface area contributed by atoms with Crippen molar-refractivity contribution in [3.05, 3.63) is 22.4 Å². The molecule has 0 aliphatic carbocycles. The van der Waals surface area contributed by atoms with Crippen molar-refractivity contribution in [1.29, 1.82) is 0 Å². The lowest BCUT2D eigenvalue weighted by atomic mass is 9.99. The SMILES string of the molecule is CCC1(C)NC(c2ccsc2)N(CC2CCOC2)C1=O. The molecule has 2 fully saturated rings. The molecular formula is C15H22N2O2S. The zero-order valence-corrected chi connectivity index (χ0v) is 12.9. The molecule has 0 aromatic carbocycles. The van der Waals surface area contributed by atoms with E-state index in [1.807, 2.05) is 11.8 Å². The predicted molar refractivity (Wildman–Crippen MR) is 79.5 cm³/mol. The summed E-state index contributed by atoms with van der Waals surface area (Å²) in [4.78, 5) is 14.8. The third kappa shape index (κ3) is 2.38. The van der Waals surface area contributed by atoms with E-state index in [9.17, 15) is 4.79 Å². The number of nitrogens with zero attached hydrogens (tertiary/aromatic N) is 1. The van der Waals surface area contributed by atoms with Gasteiger partial charge in [0, 0.05) is 19.1 Å². The fourth-order valence-electron chi connectivity index (χ4n) is 3.02. The van der Waals surface area contributed by atoms with E-state index < -0.39 is 5.54 Å². The molecule has 3 atom stereocenters. The van der Waals surface area contributed by atoms with Gasteiger partial charge in [0.05, 0.1) is 12.1 Å². The topological polar surface area (TPSA) is 41.6 Å². The highest BCUT2D eigenvalue weighted by molar-refractivity contribution is 7.07. The molecule has 5 heteroatoms. The van der Waals surface area contributed by atoms with Gasteiger partial charge in [-0.05, 0) is 42.2 Å². The lowest BCUT2D eigenvalue weighted by Crippen LogP contribution is -2.43. The first-order chi connectivity index (χ1) is 9.64. The third-order valence-corrected chi connectivity index (χ3v) is 5.25. The van der Waals surface area contributed by atoms with E-state index in [1.54, 1.807) is 11.3 Å². The van der Waals surface area contributed by atoms with Crippen molar-refractivity contribution >= 4 is 17.2 Å². The number of hydrogen-bond acceptors (Lipinski definition) is 4. The van der Waals surface area contributed by atoms with Gasteiger partial charge in [0.1, 0.15) is 6.17 Å². The van der Waals surface area contributed by atoms with Gasteiger partial charge >= 0.3 is 0 Å². The van der Waals surface area contributed by atoms with Crippen LogP contribution in [0.5, 0.6) is 0 Å². The van der Waals surface area contributed by atoms with Crippen molar-refractivity contribution < 1.29 is 9.53 Å². The number of ether oxygens (including phenoxy) is 1. The molecule has 2 aliphatic rings. The first-order valence-electron chi connectivity index (χ1n) is 7.32. The van der Waals surface area contributed by atoms with Gasteiger partial charge in [-0.1, -0.05) is 6.92 Å². The standard InChI is InChI=1S/C15H22N2O2S/c1-3-15(2)14(18)17(8-11-4-6-19-9-11)13(16-15)12-5-7-20-10-12/h5,7,10-11,13,16H,3-4,6,8-9H2,1-2H3. The molecule has 2 saturated heterocycles. The quantitative estimate of drug-likeness (QED) is 0.927. The van der Waals surface area contributed by atoms with Crippen molar-refractivity contribution in [2.45, 2.75) is 38.4 Å². The Bertz CT molecular complexity index is 470. The molecule has 0 saturated carbocycles. The molecule has 0 bridgehead atoms. The van der Waals surface area contributed by atoms with Crippen LogP contribution in [0, 0.1) is 5.92 Å². The Morgan fingerprint density at radius 2 is 2.45 bits per heavy atom. The van der Waals surface area contributed by atoms with Crippen molar-refractivity contribution in [3.8, 4) is 0 Å². The Labute approximate surface area is 124 Å². The molecule has 0 radical (unpaired) electrons. The Morgan fingerprint density at radius 1 is 1.60 bits per heavy atom. The Morgan fingerprint density at radius 3 is 3.05 bits per heavy atom. The summed E-state index contributed by atoms with van der Waals surface area (Å²) in [6.45, 7) is 6.48. The van der Waals surface area contributed by atoms with Gasteiger partial charge < -0.3 is 9.64 Å². The van der Waals surface area contributed by atoms with Crippen LogP contribution in [0.25, 0.3) is 0 Å². The maximum atomic E-state index is 12.8. The van der Waals surface area contributed by atoms with E-state index in [0.717, 1.165) is 32.6 Å². The molecule has 2 aliphatic heterocycles. The summed E-state index contributed by atoms with van der Waals surface area (Å²) in [5.74, 6) is 0.698. The fraction of sp³-hybridized carbons (Fsp3) is 0.667. The van der Waals surface area contributed by atoms with Crippen LogP contribution in [0.1, 0.15) is 38.4 Å². The Kier molecular flexibility index (Phi) is 3.84. The molecule has 1 N–H and O–H groups in total. The van der Waals surface area contributed by atoms with E-state index in [0.29, 0.717) is 5.92 Å². The van der Waals surface area contributed by atoms with E-state index >= 15 is 0 Å². The number of nitrogens with one attached hydrogen (secondary N) is 1. The lowest BCUT2D eigenvalue weighted by Gasteiger charge is -2.26. The van der Waals surface area contributed by atoms with Gasteiger partial charge in [-0.25, -0.2) is 0 Å². The summed E-state index contributed by atoms with van der Waals surface area (Å²) < 4.78 is 5.45. The van der Waals surface area contributed by atoms with Crippen LogP contribution in [0.3, 0.4) is 0 Å². The molecular weight excluding hydrogens is 272 g/mol. The van der Waals surface area contributed by atoms with Crippen LogP contribution in [-0.2, 0) is 9.53 Å². The van der Waals surface area contributed by atoms with Crippen molar-refractivity contribution in [1.82, 2.24) is 10.2 Å². The first kappa shape index (κ1) is 14.0. The molecule has 1 aromatic heterocycles. The van der Waals surface area contributed by atoms with Gasteiger partial charge in [-0.15, -0.1) is 0 Å². The molecule has 110 valence electrons. The minimum absolute atomic E-state index is 0.0132. The van der Waals surface area contributed by atoms with E-state index in [-0.39, 0.29) is 12.1 Å². The molecule has 3 rings (SSSR count). The van der Waals surface area contributed by atoms with Crippen LogP contribution in [-0.4, -0.2) is 36.1 Å². The molecule has 20 heavy (non-hydrogen) atoms. The molecule has 0 spiro atoms. The highest BCUT2D eigenvalue weighted by Crippen LogP contribution is 2.34. The van der Waals surface area contributed by atoms with Crippen LogP contribution >= 0.6 is 11.3 Å². The van der Waals surface area contributed by atoms with Gasteiger partial charge in [0.2, 0.25) is 5.91 Å². The largest absolute Gasteiger partial charge is 0.381 e. The monoisotopic (exact) mass is 294 g/mol. The minimum Gasteiger partial charge on any atom is -0.381 e. The van der Waals surface area contributed by atoms with Crippen molar-refractivity contribution in [2.24, 2.45) is 5.92 Å². The van der Waals surface area contributed by atoms with Gasteiger partial charge in [0.15, 0.2) is 0 Å².